The molecule has 37 heavy (non-hydrogen) atoms. The Hall–Kier alpha value is -2.89. The molecule has 0 saturated heterocycles. The topological polar surface area (TPSA) is 130 Å². The summed E-state index contributed by atoms with van der Waals surface area (Å²) < 4.78 is 26.0. The van der Waals surface area contributed by atoms with Gasteiger partial charge in [0, 0.05) is 24.7 Å². The number of halogens is 2. The van der Waals surface area contributed by atoms with Crippen molar-refractivity contribution in [3.63, 3.8) is 0 Å². The second-order valence-electron chi connectivity index (χ2n) is 8.98. The normalized spacial score (nSPS) is 14.7. The van der Waals surface area contributed by atoms with E-state index in [1.165, 1.54) is 23.1 Å². The number of nitrogens with one attached hydrogen (secondary N) is 1. The van der Waals surface area contributed by atoms with Crippen LogP contribution in [0.3, 0.4) is 0 Å². The quantitative estimate of drug-likeness (QED) is 0.337. The summed E-state index contributed by atoms with van der Waals surface area (Å²) in [6.07, 6.45) is 4.63. The fraction of sp³-hybridized carbons (Fsp3) is 0.417. The van der Waals surface area contributed by atoms with E-state index >= 15 is 0 Å². The molecule has 3 rings (SSSR count). The van der Waals surface area contributed by atoms with Gasteiger partial charge >= 0.3 is 0 Å². The minimum absolute atomic E-state index is 0.0225. The van der Waals surface area contributed by atoms with Gasteiger partial charge in [-0.3, -0.25) is 24.0 Å². The number of nitro benzene ring substituents is 1. The Morgan fingerprint density at radius 2 is 1.81 bits per heavy atom. The lowest BCUT2D eigenvalue weighted by Crippen LogP contribution is -2.52. The van der Waals surface area contributed by atoms with E-state index in [2.05, 4.69) is 5.32 Å². The summed E-state index contributed by atoms with van der Waals surface area (Å²) in [7, 11) is -4.01. The van der Waals surface area contributed by atoms with Crippen molar-refractivity contribution in [2.45, 2.75) is 51.2 Å². The van der Waals surface area contributed by atoms with E-state index in [4.69, 9.17) is 23.2 Å². The molecular formula is C24H28Cl2N4O6S. The maximum absolute atomic E-state index is 13.6. The summed E-state index contributed by atoms with van der Waals surface area (Å²) in [5.74, 6) is -1.03. The van der Waals surface area contributed by atoms with Gasteiger partial charge in [-0.05, 0) is 43.5 Å². The number of rotatable bonds is 10. The van der Waals surface area contributed by atoms with Gasteiger partial charge in [0.15, 0.2) is 0 Å². The minimum atomic E-state index is -4.01. The molecule has 1 fully saturated rings. The van der Waals surface area contributed by atoms with Crippen LogP contribution in [0.25, 0.3) is 0 Å². The first-order valence-corrected chi connectivity index (χ1v) is 14.2. The van der Waals surface area contributed by atoms with Gasteiger partial charge in [-0.1, -0.05) is 48.2 Å². The summed E-state index contributed by atoms with van der Waals surface area (Å²) >= 11 is 12.2. The van der Waals surface area contributed by atoms with Gasteiger partial charge < -0.3 is 10.2 Å². The lowest BCUT2D eigenvalue weighted by molar-refractivity contribution is -0.384. The van der Waals surface area contributed by atoms with Crippen molar-refractivity contribution in [3.8, 4) is 0 Å². The number of hydrogen-bond acceptors (Lipinski definition) is 6. The molecule has 200 valence electrons. The maximum Gasteiger partial charge on any atom is 0.271 e. The lowest BCUT2D eigenvalue weighted by atomic mass is 10.1. The molecule has 2 aromatic rings. The Balaban J connectivity index is 1.92. The van der Waals surface area contributed by atoms with E-state index in [1.807, 2.05) is 0 Å². The SMILES string of the molecule is C[C@@H](C(=O)NC1CCCC1)N(Cc1ccc(Cl)c(Cl)c1)C(=O)CN(c1cccc([N+](=O)[O-])c1)S(C)(=O)=O. The Kier molecular flexibility index (Phi) is 9.38. The molecule has 2 amide bonds. The Labute approximate surface area is 225 Å². The standard InChI is InChI=1S/C24H28Cl2N4O6S/c1-16(24(32)27-18-6-3-4-7-18)28(14-17-10-11-21(25)22(26)12-17)23(31)15-29(37(2,35)36)19-8-5-9-20(13-19)30(33)34/h5,8-13,16,18H,3-4,6-7,14-15H2,1-2H3,(H,27,32)/t16-/m0/s1. The molecule has 1 N–H and O–H groups in total. The molecule has 0 spiro atoms. The molecule has 0 unspecified atom stereocenters. The number of non-ortho nitro benzene ring substituents is 1. The fourth-order valence-corrected chi connectivity index (χ4v) is 5.35. The fourth-order valence-electron chi connectivity index (χ4n) is 4.18. The third-order valence-corrected chi connectivity index (χ3v) is 8.09. The molecular weight excluding hydrogens is 543 g/mol. The van der Waals surface area contributed by atoms with Gasteiger partial charge in [-0.15, -0.1) is 0 Å². The highest BCUT2D eigenvalue weighted by Crippen LogP contribution is 2.26. The first-order valence-electron chi connectivity index (χ1n) is 11.6. The van der Waals surface area contributed by atoms with Crippen LogP contribution < -0.4 is 9.62 Å². The summed E-state index contributed by atoms with van der Waals surface area (Å²) in [4.78, 5) is 38.5. The van der Waals surface area contributed by atoms with Gasteiger partial charge in [0.2, 0.25) is 21.8 Å². The second kappa shape index (κ2) is 12.1. The monoisotopic (exact) mass is 570 g/mol. The highest BCUT2D eigenvalue weighted by Gasteiger charge is 2.31. The highest BCUT2D eigenvalue weighted by atomic mass is 35.5. The highest BCUT2D eigenvalue weighted by molar-refractivity contribution is 7.92. The zero-order valence-electron chi connectivity index (χ0n) is 20.4. The Morgan fingerprint density at radius 3 is 2.41 bits per heavy atom. The molecule has 0 radical (unpaired) electrons. The predicted octanol–water partition coefficient (Wildman–Crippen LogP) is 4.14. The van der Waals surface area contributed by atoms with Gasteiger partial charge in [0.05, 0.1) is 26.9 Å². The minimum Gasteiger partial charge on any atom is -0.352 e. The second-order valence-corrected chi connectivity index (χ2v) is 11.7. The van der Waals surface area contributed by atoms with Gasteiger partial charge in [0.25, 0.3) is 5.69 Å². The van der Waals surface area contributed by atoms with Crippen molar-refractivity contribution >= 4 is 56.4 Å². The summed E-state index contributed by atoms with van der Waals surface area (Å²) in [5, 5.41) is 14.8. The number of sulfonamides is 1. The lowest BCUT2D eigenvalue weighted by Gasteiger charge is -2.32. The zero-order chi connectivity index (χ0) is 27.3. The number of nitro groups is 1. The number of benzene rings is 2. The average molecular weight is 571 g/mol. The Bertz CT molecular complexity index is 1280. The van der Waals surface area contributed by atoms with E-state index in [9.17, 15) is 28.1 Å². The first kappa shape index (κ1) is 28.7. The summed E-state index contributed by atoms with van der Waals surface area (Å²) in [5.41, 5.74) is 0.225. The van der Waals surface area contributed by atoms with Gasteiger partial charge in [0.1, 0.15) is 12.6 Å². The van der Waals surface area contributed by atoms with E-state index in [0.717, 1.165) is 42.3 Å². The van der Waals surface area contributed by atoms with Crippen molar-refractivity contribution in [2.75, 3.05) is 17.1 Å². The number of nitrogens with zero attached hydrogens (tertiary/aromatic N) is 3. The van der Waals surface area contributed by atoms with Crippen molar-refractivity contribution in [3.05, 3.63) is 68.2 Å². The summed E-state index contributed by atoms with van der Waals surface area (Å²) in [6, 6.07) is 8.87. The van der Waals surface area contributed by atoms with Crippen LogP contribution >= 0.6 is 23.2 Å². The molecule has 10 nitrogen and oxygen atoms in total. The number of carbonyl (C=O) groups excluding carboxylic acids is 2. The van der Waals surface area contributed by atoms with Crippen LogP contribution in [0, 0.1) is 10.1 Å². The maximum atomic E-state index is 13.6. The number of hydrogen-bond donors (Lipinski definition) is 1. The van der Waals surface area contributed by atoms with E-state index in [-0.39, 0.29) is 34.9 Å². The third kappa shape index (κ3) is 7.56. The average Bonchev–Trinajstić information content (AvgIpc) is 3.35. The molecule has 0 aliphatic heterocycles. The number of carbonyl (C=O) groups is 2. The van der Waals surface area contributed by atoms with Crippen LogP contribution in [0.15, 0.2) is 42.5 Å². The van der Waals surface area contributed by atoms with Crippen LogP contribution in [-0.2, 0) is 26.2 Å². The van der Waals surface area contributed by atoms with E-state index in [0.29, 0.717) is 10.6 Å². The first-order chi connectivity index (χ1) is 17.4. The zero-order valence-corrected chi connectivity index (χ0v) is 22.7. The third-order valence-electron chi connectivity index (χ3n) is 6.21. The van der Waals surface area contributed by atoms with Crippen LogP contribution in [-0.4, -0.2) is 54.9 Å². The molecule has 0 bridgehead atoms. The van der Waals surface area contributed by atoms with Crippen LogP contribution in [0.2, 0.25) is 10.0 Å². The van der Waals surface area contributed by atoms with Gasteiger partial charge in [-0.2, -0.15) is 0 Å². The molecule has 1 aliphatic carbocycles. The van der Waals surface area contributed by atoms with Crippen LogP contribution in [0.5, 0.6) is 0 Å². The smallest absolute Gasteiger partial charge is 0.271 e. The molecule has 13 heteroatoms. The summed E-state index contributed by atoms with van der Waals surface area (Å²) in [6.45, 7) is 0.863. The van der Waals surface area contributed by atoms with Crippen molar-refractivity contribution < 1.29 is 22.9 Å². The van der Waals surface area contributed by atoms with Crippen molar-refractivity contribution in [1.29, 1.82) is 0 Å². The molecule has 0 heterocycles. The predicted molar refractivity (Wildman–Crippen MR) is 142 cm³/mol. The van der Waals surface area contributed by atoms with E-state index in [1.54, 1.807) is 25.1 Å². The Morgan fingerprint density at radius 1 is 1.14 bits per heavy atom. The van der Waals surface area contributed by atoms with E-state index < -0.39 is 33.4 Å². The largest absolute Gasteiger partial charge is 0.352 e. The number of amides is 2. The van der Waals surface area contributed by atoms with Gasteiger partial charge in [-0.25, -0.2) is 8.42 Å². The van der Waals surface area contributed by atoms with Crippen molar-refractivity contribution in [1.82, 2.24) is 10.2 Å². The molecule has 1 atom stereocenters. The van der Waals surface area contributed by atoms with Crippen LogP contribution in [0.1, 0.15) is 38.2 Å². The molecule has 0 aromatic heterocycles. The van der Waals surface area contributed by atoms with Crippen LogP contribution in [0.4, 0.5) is 11.4 Å². The number of anilines is 1. The molecule has 2 aromatic carbocycles. The molecule has 1 aliphatic rings. The molecule has 1 saturated carbocycles. The van der Waals surface area contributed by atoms with Crippen molar-refractivity contribution in [2.24, 2.45) is 0 Å².